The lowest BCUT2D eigenvalue weighted by atomic mass is 9.56. The number of fused-ring (bicyclic) bond motifs is 1. The fourth-order valence-corrected chi connectivity index (χ4v) is 11.4. The molecule has 6 unspecified atom stereocenters. The first-order chi connectivity index (χ1) is 30.4. The van der Waals surface area contributed by atoms with Crippen molar-refractivity contribution in [2.24, 2.45) is 35.5 Å². The lowest BCUT2D eigenvalue weighted by molar-refractivity contribution is -0.142. The van der Waals surface area contributed by atoms with Gasteiger partial charge >= 0.3 is 12.1 Å². The van der Waals surface area contributed by atoms with E-state index in [0.717, 1.165) is 58.3 Å². The highest BCUT2D eigenvalue weighted by atomic mass is 35.5. The van der Waals surface area contributed by atoms with E-state index in [4.69, 9.17) is 21.1 Å². The predicted molar refractivity (Wildman–Crippen MR) is 250 cm³/mol. The third kappa shape index (κ3) is 13.8. The lowest BCUT2D eigenvalue weighted by Gasteiger charge is -2.50. The Morgan fingerprint density at radius 3 is 2.25 bits per heavy atom. The molecule has 4 aromatic carbocycles. The summed E-state index contributed by atoms with van der Waals surface area (Å²) in [5, 5.41) is 3.46. The molecule has 0 radical (unpaired) electrons. The number of esters is 1. The van der Waals surface area contributed by atoms with E-state index < -0.39 is 11.7 Å². The minimum Gasteiger partial charge on any atom is -0.494 e. The summed E-state index contributed by atoms with van der Waals surface area (Å²) in [4.78, 5) is 15.1. The third-order valence-corrected chi connectivity index (χ3v) is 14.5. The topological polar surface area (TPSA) is 50.8 Å². The second kappa shape index (κ2) is 23.9. The number of rotatable bonds is 22. The van der Waals surface area contributed by atoms with Crippen LogP contribution in [0.25, 0.3) is 0 Å². The van der Waals surface area contributed by atoms with Crippen molar-refractivity contribution in [3.8, 4) is 5.75 Å². The molecule has 0 aliphatic heterocycles. The highest BCUT2D eigenvalue weighted by Gasteiger charge is 2.44. The number of nitrogens with one attached hydrogen (secondary N) is 1. The zero-order valence-electron chi connectivity index (χ0n) is 37.9. The zero-order chi connectivity index (χ0) is 44.8. The van der Waals surface area contributed by atoms with Crippen LogP contribution < -0.4 is 10.1 Å². The molecule has 2 aliphatic carbocycles. The summed E-state index contributed by atoms with van der Waals surface area (Å²) in [5.74, 6) is 5.38. The first-order valence-electron chi connectivity index (χ1n) is 23.7. The molecular formula is C54H70ClF3N2O3. The average molecular weight is 888 g/mol. The van der Waals surface area contributed by atoms with Gasteiger partial charge in [-0.25, -0.2) is 0 Å². The molecule has 9 heteroatoms. The number of carbonyl (C=O) groups is 1. The van der Waals surface area contributed by atoms with E-state index in [-0.39, 0.29) is 29.9 Å². The van der Waals surface area contributed by atoms with Crippen molar-refractivity contribution < 1.29 is 27.4 Å². The number of hydrogen-bond acceptors (Lipinski definition) is 5. The van der Waals surface area contributed by atoms with Crippen LogP contribution in [-0.4, -0.2) is 49.8 Å². The number of halogens is 4. The summed E-state index contributed by atoms with van der Waals surface area (Å²) in [6.07, 6.45) is 6.66. The zero-order valence-corrected chi connectivity index (χ0v) is 38.7. The molecule has 2 saturated carbocycles. The standard InChI is InChI=1S/C54H70ClF3N2O3/c1-5-16-47(38(3)4)49-27-25-42-35-44(26-28-48(42)46(49)6-2)59-29-32-63-52(61)34-39-17-13-23-45(33-39)62-31-15-30-60(36-43-22-14-24-51(53(43)55)54(56,57)58)37-50(40-18-9-7-10-19-40)41-20-11-8-12-21-41/h7-14,17-24,33,38,42,44,46-50,59H,5-6,15-16,25-32,34-37H2,1-4H3. The Hall–Kier alpha value is -3.85. The van der Waals surface area contributed by atoms with Crippen molar-refractivity contribution >= 4 is 17.6 Å². The van der Waals surface area contributed by atoms with Crippen LogP contribution in [0.3, 0.4) is 0 Å². The van der Waals surface area contributed by atoms with Crippen LogP contribution in [0.1, 0.15) is 119 Å². The van der Waals surface area contributed by atoms with Gasteiger partial charge in [-0.3, -0.25) is 9.69 Å². The SMILES string of the molecule is CCCC(C(C)C)C1CCC2CC(NCCOC(=O)Cc3cccc(OCCCN(Cc4cccc(C(F)(F)F)c4Cl)CC(c4ccccc4)c4ccccc4)c3)CCC2C1CC. The number of ether oxygens (including phenoxy) is 2. The quantitative estimate of drug-likeness (QED) is 0.0629. The first-order valence-corrected chi connectivity index (χ1v) is 24.1. The van der Waals surface area contributed by atoms with Gasteiger partial charge in [0, 0.05) is 38.1 Å². The van der Waals surface area contributed by atoms with E-state index in [9.17, 15) is 18.0 Å². The molecule has 0 heterocycles. The van der Waals surface area contributed by atoms with Gasteiger partial charge in [0.2, 0.25) is 0 Å². The van der Waals surface area contributed by atoms with Crippen LogP contribution in [0.2, 0.25) is 5.02 Å². The lowest BCUT2D eigenvalue weighted by Crippen LogP contribution is -2.46. The van der Waals surface area contributed by atoms with E-state index in [1.165, 1.54) is 57.4 Å². The minimum atomic E-state index is -4.55. The highest BCUT2D eigenvalue weighted by Crippen LogP contribution is 2.51. The third-order valence-electron chi connectivity index (χ3n) is 14.1. The predicted octanol–water partition coefficient (Wildman–Crippen LogP) is 13.4. The summed E-state index contributed by atoms with van der Waals surface area (Å²) in [7, 11) is 0. The largest absolute Gasteiger partial charge is 0.494 e. The van der Waals surface area contributed by atoms with Crippen molar-refractivity contribution in [1.29, 1.82) is 0 Å². The van der Waals surface area contributed by atoms with Gasteiger partial charge in [-0.1, -0.05) is 143 Å². The number of benzene rings is 4. The van der Waals surface area contributed by atoms with E-state index in [1.807, 2.05) is 60.7 Å². The Morgan fingerprint density at radius 1 is 0.873 bits per heavy atom. The first kappa shape index (κ1) is 48.6. The van der Waals surface area contributed by atoms with Crippen molar-refractivity contribution in [2.75, 3.05) is 32.8 Å². The Balaban J connectivity index is 0.976. The molecule has 63 heavy (non-hydrogen) atoms. The van der Waals surface area contributed by atoms with Crippen molar-refractivity contribution in [3.05, 3.63) is 136 Å². The van der Waals surface area contributed by atoms with Crippen LogP contribution in [-0.2, 0) is 28.7 Å². The monoisotopic (exact) mass is 887 g/mol. The highest BCUT2D eigenvalue weighted by molar-refractivity contribution is 6.32. The molecular weight excluding hydrogens is 817 g/mol. The fourth-order valence-electron chi connectivity index (χ4n) is 11.1. The van der Waals surface area contributed by atoms with E-state index in [1.54, 1.807) is 6.07 Å². The Morgan fingerprint density at radius 2 is 1.59 bits per heavy atom. The average Bonchev–Trinajstić information content (AvgIpc) is 3.28. The van der Waals surface area contributed by atoms with Crippen LogP contribution in [0.15, 0.2) is 103 Å². The summed E-state index contributed by atoms with van der Waals surface area (Å²) >= 11 is 6.41. The Kier molecular flexibility index (Phi) is 18.4. The van der Waals surface area contributed by atoms with Gasteiger partial charge in [0.05, 0.1) is 23.6 Å². The maximum absolute atomic E-state index is 13.8. The molecule has 6 rings (SSSR count). The smallest absolute Gasteiger partial charge is 0.417 e. The molecule has 2 fully saturated rings. The number of hydrogen-bond donors (Lipinski definition) is 1. The molecule has 0 saturated heterocycles. The van der Waals surface area contributed by atoms with Crippen LogP contribution in [0.5, 0.6) is 5.75 Å². The summed E-state index contributed by atoms with van der Waals surface area (Å²) in [5.41, 5.74) is 2.65. The van der Waals surface area contributed by atoms with Gasteiger partial charge in [0.15, 0.2) is 0 Å². The molecule has 4 aromatic rings. The summed E-state index contributed by atoms with van der Waals surface area (Å²) in [6.45, 7) is 12.4. The van der Waals surface area contributed by atoms with Gasteiger partial charge in [0.25, 0.3) is 0 Å². The summed E-state index contributed by atoms with van der Waals surface area (Å²) in [6, 6.07) is 32.5. The summed E-state index contributed by atoms with van der Waals surface area (Å²) < 4.78 is 53.4. The van der Waals surface area contributed by atoms with Gasteiger partial charge in [0.1, 0.15) is 12.4 Å². The van der Waals surface area contributed by atoms with Crippen LogP contribution >= 0.6 is 11.6 Å². The molecule has 6 atom stereocenters. The maximum atomic E-state index is 13.8. The molecule has 2 aliphatic rings. The number of alkyl halides is 3. The molecule has 5 nitrogen and oxygen atoms in total. The van der Waals surface area contributed by atoms with Crippen molar-refractivity contribution in [1.82, 2.24) is 10.2 Å². The Labute approximate surface area is 380 Å². The molecule has 0 amide bonds. The van der Waals surface area contributed by atoms with E-state index >= 15 is 0 Å². The second-order valence-corrected chi connectivity index (χ2v) is 18.9. The molecule has 342 valence electrons. The molecule has 1 N–H and O–H groups in total. The minimum absolute atomic E-state index is 0.0169. The Bertz CT molecular complexity index is 1940. The van der Waals surface area contributed by atoms with Gasteiger partial charge in [-0.05, 0) is 114 Å². The molecule has 0 aromatic heterocycles. The second-order valence-electron chi connectivity index (χ2n) is 18.5. The molecule has 0 bridgehead atoms. The van der Waals surface area contributed by atoms with Crippen LogP contribution in [0, 0.1) is 35.5 Å². The van der Waals surface area contributed by atoms with E-state index in [0.29, 0.717) is 56.6 Å². The number of carbonyl (C=O) groups excluding carboxylic acids is 1. The van der Waals surface area contributed by atoms with Gasteiger partial charge in [-0.15, -0.1) is 0 Å². The van der Waals surface area contributed by atoms with Crippen molar-refractivity contribution in [2.45, 2.75) is 117 Å². The van der Waals surface area contributed by atoms with Gasteiger partial charge in [-0.2, -0.15) is 13.2 Å². The van der Waals surface area contributed by atoms with Gasteiger partial charge < -0.3 is 14.8 Å². The van der Waals surface area contributed by atoms with E-state index in [2.05, 4.69) is 62.2 Å². The van der Waals surface area contributed by atoms with Crippen LogP contribution in [0.4, 0.5) is 13.2 Å². The normalized spacial score (nSPS) is 20.8. The fraction of sp³-hybridized carbons (Fsp3) is 0.537. The number of nitrogens with zero attached hydrogens (tertiary/aromatic N) is 1. The van der Waals surface area contributed by atoms with Crippen molar-refractivity contribution in [3.63, 3.8) is 0 Å². The molecule has 0 spiro atoms. The maximum Gasteiger partial charge on any atom is 0.417 e.